The number of fused-ring (bicyclic) bond motifs is 2. The maximum atomic E-state index is 13.1. The number of amides is 1. The van der Waals surface area contributed by atoms with Crippen LogP contribution in [0.15, 0.2) is 59.0 Å². The number of carbonyl (C=O) groups excluding carboxylic acids is 1. The third-order valence-electron chi connectivity index (χ3n) is 6.53. The molecule has 0 unspecified atom stereocenters. The van der Waals surface area contributed by atoms with Gasteiger partial charge in [-0.1, -0.05) is 24.3 Å². The van der Waals surface area contributed by atoms with E-state index in [9.17, 15) is 4.79 Å². The number of methoxy groups -OCH3 is 1. The fourth-order valence-corrected chi connectivity index (χ4v) is 4.63. The minimum absolute atomic E-state index is 0.0355. The Bertz CT molecular complexity index is 1110. The van der Waals surface area contributed by atoms with Crippen molar-refractivity contribution in [1.29, 1.82) is 0 Å². The van der Waals surface area contributed by atoms with Crippen molar-refractivity contribution in [2.24, 2.45) is 5.73 Å². The Morgan fingerprint density at radius 2 is 1.97 bits per heavy atom. The Balaban J connectivity index is 1.30. The third-order valence-corrected chi connectivity index (χ3v) is 6.53. The van der Waals surface area contributed by atoms with Crippen LogP contribution < -0.4 is 15.2 Å². The van der Waals surface area contributed by atoms with E-state index in [4.69, 9.17) is 19.6 Å². The second-order valence-electron chi connectivity index (χ2n) is 8.29. The summed E-state index contributed by atoms with van der Waals surface area (Å²) in [6.45, 7) is 2.52. The lowest BCUT2D eigenvalue weighted by molar-refractivity contribution is 0.0616. The van der Waals surface area contributed by atoms with Gasteiger partial charge in [0.05, 0.1) is 13.7 Å². The molecule has 1 fully saturated rings. The van der Waals surface area contributed by atoms with Gasteiger partial charge in [0.2, 0.25) is 0 Å². The van der Waals surface area contributed by atoms with Gasteiger partial charge in [-0.25, -0.2) is 0 Å². The van der Waals surface area contributed by atoms with Gasteiger partial charge in [0.15, 0.2) is 5.76 Å². The number of nitrogens with zero attached hydrogens (tertiary/aromatic N) is 1. The second-order valence-corrected chi connectivity index (χ2v) is 8.29. The van der Waals surface area contributed by atoms with Crippen LogP contribution in [0.2, 0.25) is 0 Å². The average Bonchev–Trinajstić information content (AvgIpc) is 3.45. The van der Waals surface area contributed by atoms with Gasteiger partial charge in [-0.3, -0.25) is 4.79 Å². The number of piperidine rings is 1. The molecule has 1 saturated heterocycles. The number of ether oxygens (including phenoxy) is 2. The predicted octanol–water partition coefficient (Wildman–Crippen LogP) is 3.98. The predicted molar refractivity (Wildman–Crippen MR) is 117 cm³/mol. The molecule has 160 valence electrons. The summed E-state index contributed by atoms with van der Waals surface area (Å²) < 4.78 is 17.1. The Morgan fingerprint density at radius 1 is 1.13 bits per heavy atom. The molecule has 2 N–H and O–H groups in total. The highest BCUT2D eigenvalue weighted by Gasteiger charge is 2.44. The quantitative estimate of drug-likeness (QED) is 0.693. The zero-order valence-corrected chi connectivity index (χ0v) is 17.6. The van der Waals surface area contributed by atoms with Gasteiger partial charge in [0, 0.05) is 36.2 Å². The first-order valence-corrected chi connectivity index (χ1v) is 10.6. The highest BCUT2D eigenvalue weighted by atomic mass is 16.5. The molecule has 6 heteroatoms. The maximum absolute atomic E-state index is 13.1. The molecule has 1 aromatic heterocycles. The van der Waals surface area contributed by atoms with Crippen molar-refractivity contribution < 1.29 is 18.7 Å². The van der Waals surface area contributed by atoms with Crippen LogP contribution in [0.5, 0.6) is 11.5 Å². The molecule has 0 aliphatic carbocycles. The highest BCUT2D eigenvalue weighted by molar-refractivity contribution is 5.92. The maximum Gasteiger partial charge on any atom is 0.289 e. The summed E-state index contributed by atoms with van der Waals surface area (Å²) >= 11 is 0. The van der Waals surface area contributed by atoms with Crippen molar-refractivity contribution >= 4 is 5.91 Å². The lowest BCUT2D eigenvalue weighted by Crippen LogP contribution is -2.46. The number of nitrogens with two attached hydrogens (primary N) is 1. The van der Waals surface area contributed by atoms with E-state index in [-0.39, 0.29) is 11.3 Å². The SMILES string of the molecule is COc1cccc(-c2ccc(C(=O)N3CCC4(CC3)COc3ccc(CN)cc34)o2)c1. The van der Waals surface area contributed by atoms with Gasteiger partial charge in [0.1, 0.15) is 17.3 Å². The van der Waals surface area contributed by atoms with E-state index in [1.165, 1.54) is 5.56 Å². The van der Waals surface area contributed by atoms with Crippen molar-refractivity contribution in [3.8, 4) is 22.8 Å². The summed E-state index contributed by atoms with van der Waals surface area (Å²) in [6.07, 6.45) is 1.73. The monoisotopic (exact) mass is 418 g/mol. The summed E-state index contributed by atoms with van der Waals surface area (Å²) in [4.78, 5) is 15.0. The second kappa shape index (κ2) is 7.78. The largest absolute Gasteiger partial charge is 0.497 e. The van der Waals surface area contributed by atoms with Crippen molar-refractivity contribution in [3.63, 3.8) is 0 Å². The third kappa shape index (κ3) is 3.47. The molecule has 0 bridgehead atoms. The molecule has 6 nitrogen and oxygen atoms in total. The van der Waals surface area contributed by atoms with Crippen molar-refractivity contribution in [1.82, 2.24) is 4.90 Å². The number of likely N-dealkylation sites (tertiary alicyclic amines) is 1. The lowest BCUT2D eigenvalue weighted by atomic mass is 9.74. The molecule has 2 aromatic carbocycles. The minimum Gasteiger partial charge on any atom is -0.497 e. The summed E-state index contributed by atoms with van der Waals surface area (Å²) in [5.41, 5.74) is 9.03. The van der Waals surface area contributed by atoms with Gasteiger partial charge < -0.3 is 24.5 Å². The number of benzene rings is 2. The molecule has 1 amide bonds. The van der Waals surface area contributed by atoms with Crippen molar-refractivity contribution in [2.75, 3.05) is 26.8 Å². The van der Waals surface area contributed by atoms with E-state index in [2.05, 4.69) is 6.07 Å². The van der Waals surface area contributed by atoms with Crippen LogP contribution in [0.4, 0.5) is 0 Å². The number of furan rings is 1. The summed E-state index contributed by atoms with van der Waals surface area (Å²) in [5, 5.41) is 0. The molecule has 3 aromatic rings. The van der Waals surface area contributed by atoms with Gasteiger partial charge in [-0.2, -0.15) is 0 Å². The van der Waals surface area contributed by atoms with Crippen LogP contribution in [0.25, 0.3) is 11.3 Å². The Kier molecular flexibility index (Phi) is 4.94. The van der Waals surface area contributed by atoms with E-state index in [0.29, 0.717) is 37.8 Å². The molecular weight excluding hydrogens is 392 g/mol. The van der Waals surface area contributed by atoms with Gasteiger partial charge >= 0.3 is 0 Å². The minimum atomic E-state index is -0.0705. The van der Waals surface area contributed by atoms with Crippen LogP contribution in [0.3, 0.4) is 0 Å². The summed E-state index contributed by atoms with van der Waals surface area (Å²) in [6, 6.07) is 17.4. The lowest BCUT2D eigenvalue weighted by Gasteiger charge is -2.38. The number of carbonyl (C=O) groups is 1. The highest BCUT2D eigenvalue weighted by Crippen LogP contribution is 2.46. The molecule has 1 spiro atoms. The van der Waals surface area contributed by atoms with Crippen LogP contribution >= 0.6 is 0 Å². The van der Waals surface area contributed by atoms with Gasteiger partial charge in [-0.05, 0) is 48.7 Å². The van der Waals surface area contributed by atoms with Gasteiger partial charge in [-0.15, -0.1) is 0 Å². The topological polar surface area (TPSA) is 77.9 Å². The van der Waals surface area contributed by atoms with E-state index >= 15 is 0 Å². The van der Waals surface area contributed by atoms with Crippen LogP contribution in [-0.4, -0.2) is 37.6 Å². The van der Waals surface area contributed by atoms with Crippen molar-refractivity contribution in [2.45, 2.75) is 24.8 Å². The Labute approximate surface area is 181 Å². The Hall–Kier alpha value is -3.25. The first kappa shape index (κ1) is 19.7. The zero-order chi connectivity index (χ0) is 21.4. The summed E-state index contributed by atoms with van der Waals surface area (Å²) in [7, 11) is 1.63. The van der Waals surface area contributed by atoms with Crippen LogP contribution in [0, 0.1) is 0 Å². The summed E-state index contributed by atoms with van der Waals surface area (Å²) in [5.74, 6) is 2.65. The molecule has 2 aliphatic rings. The fourth-order valence-electron chi connectivity index (χ4n) is 4.63. The molecule has 3 heterocycles. The van der Waals surface area contributed by atoms with Crippen LogP contribution in [0.1, 0.15) is 34.5 Å². The number of rotatable bonds is 4. The molecule has 0 radical (unpaired) electrons. The zero-order valence-electron chi connectivity index (χ0n) is 17.6. The van der Waals surface area contributed by atoms with E-state index in [1.807, 2.05) is 47.4 Å². The fraction of sp³-hybridized carbons (Fsp3) is 0.320. The average molecular weight is 418 g/mol. The normalized spacial score (nSPS) is 16.8. The molecule has 2 aliphatic heterocycles. The molecular formula is C25H26N2O4. The molecule has 31 heavy (non-hydrogen) atoms. The molecule has 5 rings (SSSR count). The van der Waals surface area contributed by atoms with E-state index < -0.39 is 0 Å². The van der Waals surface area contributed by atoms with E-state index in [1.54, 1.807) is 13.2 Å². The molecule has 0 atom stereocenters. The molecule has 0 saturated carbocycles. The Morgan fingerprint density at radius 3 is 2.74 bits per heavy atom. The first-order chi connectivity index (χ1) is 15.1. The first-order valence-electron chi connectivity index (χ1n) is 10.6. The number of hydrogen-bond acceptors (Lipinski definition) is 5. The van der Waals surface area contributed by atoms with Crippen molar-refractivity contribution in [3.05, 3.63) is 71.5 Å². The smallest absolute Gasteiger partial charge is 0.289 e. The number of hydrogen-bond donors (Lipinski definition) is 1. The standard InChI is InChI=1S/C25H26N2O4/c1-29-19-4-2-3-18(14-19)21-7-8-23(31-21)24(28)27-11-9-25(10-12-27)16-30-22-6-5-17(15-26)13-20(22)25/h2-8,13-14H,9-12,15-16,26H2,1H3. The van der Waals surface area contributed by atoms with E-state index in [0.717, 1.165) is 35.5 Å². The van der Waals surface area contributed by atoms with Crippen LogP contribution in [-0.2, 0) is 12.0 Å². The van der Waals surface area contributed by atoms with Gasteiger partial charge in [0.25, 0.3) is 5.91 Å².